The lowest BCUT2D eigenvalue weighted by Crippen LogP contribution is -2.42. The highest BCUT2D eigenvalue weighted by molar-refractivity contribution is 7.92. The summed E-state index contributed by atoms with van der Waals surface area (Å²) >= 11 is 6.25. The molecule has 7 nitrogen and oxygen atoms in total. The van der Waals surface area contributed by atoms with Crippen LogP contribution in [0.1, 0.15) is 0 Å². The molecule has 0 unspecified atom stereocenters. The van der Waals surface area contributed by atoms with Crippen LogP contribution in [0.3, 0.4) is 0 Å². The van der Waals surface area contributed by atoms with E-state index in [4.69, 9.17) is 21.1 Å². The van der Waals surface area contributed by atoms with Gasteiger partial charge >= 0.3 is 0 Å². The summed E-state index contributed by atoms with van der Waals surface area (Å²) in [7, 11) is -2.47. The van der Waals surface area contributed by atoms with E-state index in [-0.39, 0.29) is 28.8 Å². The highest BCUT2D eigenvalue weighted by atomic mass is 35.5. The van der Waals surface area contributed by atoms with Crippen molar-refractivity contribution >= 4 is 33.2 Å². The first-order valence-electron chi connectivity index (χ1n) is 9.78. The number of anilines is 1. The van der Waals surface area contributed by atoms with Gasteiger partial charge in [-0.15, -0.1) is 0 Å². The lowest BCUT2D eigenvalue weighted by atomic mass is 10.3. The first-order chi connectivity index (χ1) is 15.4. The molecule has 168 valence electrons. The maximum Gasteiger partial charge on any atom is 0.264 e. The summed E-state index contributed by atoms with van der Waals surface area (Å²) in [5.41, 5.74) is 0.221. The van der Waals surface area contributed by atoms with Crippen molar-refractivity contribution in [3.8, 4) is 11.5 Å². The van der Waals surface area contributed by atoms with E-state index in [1.807, 2.05) is 12.1 Å². The van der Waals surface area contributed by atoms with Crippen LogP contribution >= 0.6 is 11.6 Å². The second kappa shape index (κ2) is 10.9. The van der Waals surface area contributed by atoms with Crippen LogP contribution in [0, 0.1) is 0 Å². The molecule has 3 aromatic rings. The molecule has 0 aliphatic carbocycles. The topological polar surface area (TPSA) is 84.9 Å². The zero-order valence-electron chi connectivity index (χ0n) is 17.4. The highest BCUT2D eigenvalue weighted by Gasteiger charge is 2.28. The predicted molar refractivity (Wildman–Crippen MR) is 124 cm³/mol. The Morgan fingerprint density at radius 1 is 0.938 bits per heavy atom. The third kappa shape index (κ3) is 5.72. The molecule has 0 atom stereocenters. The zero-order chi connectivity index (χ0) is 23.0. The lowest BCUT2D eigenvalue weighted by Gasteiger charge is -2.25. The number of amides is 1. The molecule has 0 saturated carbocycles. The first-order valence-corrected chi connectivity index (χ1v) is 11.6. The van der Waals surface area contributed by atoms with Crippen LogP contribution in [0.5, 0.6) is 11.5 Å². The fraction of sp³-hybridized carbons (Fsp3) is 0.174. The van der Waals surface area contributed by atoms with E-state index >= 15 is 0 Å². The van der Waals surface area contributed by atoms with Gasteiger partial charge in [0.25, 0.3) is 10.0 Å². The monoisotopic (exact) mass is 474 g/mol. The SMILES string of the molecule is COc1ccccc1OCCNC(=O)CN(c1ccccc1Cl)S(=O)(=O)c1ccccc1. The third-order valence-corrected chi connectivity index (χ3v) is 6.58. The maximum atomic E-state index is 13.3. The molecule has 32 heavy (non-hydrogen) atoms. The molecule has 0 bridgehead atoms. The largest absolute Gasteiger partial charge is 0.493 e. The quantitative estimate of drug-likeness (QED) is 0.452. The van der Waals surface area contributed by atoms with Gasteiger partial charge in [-0.3, -0.25) is 9.10 Å². The van der Waals surface area contributed by atoms with Crippen molar-refractivity contribution in [2.75, 3.05) is 31.1 Å². The molecule has 0 saturated heterocycles. The molecule has 1 N–H and O–H groups in total. The normalized spacial score (nSPS) is 10.9. The van der Waals surface area contributed by atoms with Crippen LogP contribution in [0.4, 0.5) is 5.69 Å². The van der Waals surface area contributed by atoms with Crippen molar-refractivity contribution in [2.45, 2.75) is 4.90 Å². The number of nitrogens with zero attached hydrogens (tertiary/aromatic N) is 1. The molecule has 3 rings (SSSR count). The molecule has 0 aromatic heterocycles. The van der Waals surface area contributed by atoms with Crippen molar-refractivity contribution in [2.24, 2.45) is 0 Å². The van der Waals surface area contributed by atoms with Gasteiger partial charge in [-0.2, -0.15) is 0 Å². The van der Waals surface area contributed by atoms with E-state index in [1.165, 1.54) is 12.1 Å². The number of ether oxygens (including phenoxy) is 2. The van der Waals surface area contributed by atoms with Gasteiger partial charge < -0.3 is 14.8 Å². The Labute approximate surface area is 192 Å². The molecule has 9 heteroatoms. The van der Waals surface area contributed by atoms with Crippen molar-refractivity contribution in [3.63, 3.8) is 0 Å². The molecule has 3 aromatic carbocycles. The van der Waals surface area contributed by atoms with Crippen LogP contribution in [-0.4, -0.2) is 41.1 Å². The lowest BCUT2D eigenvalue weighted by molar-refractivity contribution is -0.119. The summed E-state index contributed by atoms with van der Waals surface area (Å²) in [5, 5.41) is 2.90. The van der Waals surface area contributed by atoms with Gasteiger partial charge in [0, 0.05) is 0 Å². The summed E-state index contributed by atoms with van der Waals surface area (Å²) in [4.78, 5) is 12.7. The van der Waals surface area contributed by atoms with Crippen LogP contribution in [-0.2, 0) is 14.8 Å². The Balaban J connectivity index is 1.70. The number of hydrogen-bond acceptors (Lipinski definition) is 5. The number of benzene rings is 3. The van der Waals surface area contributed by atoms with Gasteiger partial charge in [-0.1, -0.05) is 54.1 Å². The third-order valence-electron chi connectivity index (χ3n) is 4.49. The van der Waals surface area contributed by atoms with E-state index in [0.29, 0.717) is 11.5 Å². The second-order valence-corrected chi connectivity index (χ2v) is 8.89. The average molecular weight is 475 g/mol. The van der Waals surface area contributed by atoms with Crippen LogP contribution in [0.25, 0.3) is 0 Å². The Hall–Kier alpha value is -3.23. The molecule has 0 spiro atoms. The molecule has 0 aliphatic heterocycles. The smallest absolute Gasteiger partial charge is 0.264 e. The number of para-hydroxylation sites is 3. The Morgan fingerprint density at radius 3 is 2.25 bits per heavy atom. The number of methoxy groups -OCH3 is 1. The number of carbonyl (C=O) groups is 1. The fourth-order valence-electron chi connectivity index (χ4n) is 2.95. The minimum Gasteiger partial charge on any atom is -0.493 e. The van der Waals surface area contributed by atoms with Crippen molar-refractivity contribution < 1.29 is 22.7 Å². The van der Waals surface area contributed by atoms with Crippen molar-refractivity contribution in [1.82, 2.24) is 5.32 Å². The van der Waals surface area contributed by atoms with E-state index in [9.17, 15) is 13.2 Å². The van der Waals surface area contributed by atoms with Crippen LogP contribution in [0.15, 0.2) is 83.8 Å². The molecule has 0 aliphatic rings. The van der Waals surface area contributed by atoms with E-state index < -0.39 is 22.5 Å². The molecular formula is C23H23ClN2O5S. The number of nitrogens with one attached hydrogen (secondary N) is 1. The number of halogens is 1. The van der Waals surface area contributed by atoms with Gasteiger partial charge in [-0.05, 0) is 36.4 Å². The maximum absolute atomic E-state index is 13.3. The molecular weight excluding hydrogens is 452 g/mol. The van der Waals surface area contributed by atoms with Gasteiger partial charge in [0.2, 0.25) is 5.91 Å². The summed E-state index contributed by atoms with van der Waals surface area (Å²) in [6, 6.07) is 21.5. The predicted octanol–water partition coefficient (Wildman–Crippen LogP) is 3.74. The number of sulfonamides is 1. The van der Waals surface area contributed by atoms with Gasteiger partial charge in [0.15, 0.2) is 11.5 Å². The molecule has 0 heterocycles. The minimum absolute atomic E-state index is 0.0622. The number of carbonyl (C=O) groups excluding carboxylic acids is 1. The first kappa shape index (κ1) is 23.4. The molecule has 0 fully saturated rings. The summed E-state index contributed by atoms with van der Waals surface area (Å²) in [6.45, 7) is -0.0715. The van der Waals surface area contributed by atoms with Gasteiger partial charge in [-0.25, -0.2) is 8.42 Å². The Morgan fingerprint density at radius 2 is 1.56 bits per heavy atom. The van der Waals surface area contributed by atoms with Crippen molar-refractivity contribution in [3.05, 3.63) is 83.9 Å². The zero-order valence-corrected chi connectivity index (χ0v) is 19.0. The minimum atomic E-state index is -4.01. The van der Waals surface area contributed by atoms with E-state index in [0.717, 1.165) is 4.31 Å². The van der Waals surface area contributed by atoms with Gasteiger partial charge in [0.05, 0.1) is 29.3 Å². The number of hydrogen-bond donors (Lipinski definition) is 1. The second-order valence-electron chi connectivity index (χ2n) is 6.63. The summed E-state index contributed by atoms with van der Waals surface area (Å²) < 4.78 is 38.4. The van der Waals surface area contributed by atoms with Gasteiger partial charge in [0.1, 0.15) is 13.2 Å². The van der Waals surface area contributed by atoms with E-state index in [1.54, 1.807) is 61.7 Å². The van der Waals surface area contributed by atoms with Crippen LogP contribution < -0.4 is 19.1 Å². The van der Waals surface area contributed by atoms with E-state index in [2.05, 4.69) is 5.32 Å². The van der Waals surface area contributed by atoms with Crippen LogP contribution in [0.2, 0.25) is 5.02 Å². The molecule has 1 amide bonds. The Bertz CT molecular complexity index is 1160. The summed E-state index contributed by atoms with van der Waals surface area (Å²) in [5.74, 6) is 0.638. The number of rotatable bonds is 10. The molecule has 0 radical (unpaired) electrons. The standard InChI is InChI=1S/C23H23ClN2O5S/c1-30-21-13-7-8-14-22(21)31-16-15-25-23(27)17-26(20-12-6-5-11-19(20)24)32(28,29)18-9-3-2-4-10-18/h2-14H,15-17H2,1H3,(H,25,27). The van der Waals surface area contributed by atoms with Crippen molar-refractivity contribution in [1.29, 1.82) is 0 Å². The highest BCUT2D eigenvalue weighted by Crippen LogP contribution is 2.30. The fourth-order valence-corrected chi connectivity index (χ4v) is 4.70. The Kier molecular flexibility index (Phi) is 7.97. The average Bonchev–Trinajstić information content (AvgIpc) is 2.81. The summed E-state index contributed by atoms with van der Waals surface area (Å²) in [6.07, 6.45) is 0.